The van der Waals surface area contributed by atoms with Gasteiger partial charge >= 0.3 is 0 Å². The monoisotopic (exact) mass is 342 g/mol. The molecule has 0 aliphatic carbocycles. The fraction of sp³-hybridized carbons (Fsp3) is 0.625. The third-order valence-electron chi connectivity index (χ3n) is 3.94. The Balaban J connectivity index is 2.19. The summed E-state index contributed by atoms with van der Waals surface area (Å²) in [5, 5.41) is 0. The van der Waals surface area contributed by atoms with Crippen LogP contribution < -0.4 is 9.47 Å². The maximum absolute atomic E-state index is 12.9. The fourth-order valence-corrected chi connectivity index (χ4v) is 4.39. The van der Waals surface area contributed by atoms with Gasteiger partial charge in [0.25, 0.3) is 0 Å². The zero-order chi connectivity index (χ0) is 17.0. The average molecular weight is 342 g/mol. The SMILES string of the molecule is COc1ccc(OC)c(S(=O)(=O)N2CCN(CC(C)C)CC2)c1. The fourth-order valence-electron chi connectivity index (χ4n) is 2.79. The minimum atomic E-state index is -3.59. The van der Waals surface area contributed by atoms with Gasteiger partial charge < -0.3 is 14.4 Å². The molecule has 1 fully saturated rings. The Morgan fingerprint density at radius 1 is 1.09 bits per heavy atom. The van der Waals surface area contributed by atoms with Crippen LogP contribution >= 0.6 is 0 Å². The van der Waals surface area contributed by atoms with E-state index in [2.05, 4.69) is 18.7 Å². The Kier molecular flexibility index (Phi) is 5.89. The smallest absolute Gasteiger partial charge is 0.246 e. The van der Waals surface area contributed by atoms with Gasteiger partial charge in [-0.25, -0.2) is 8.42 Å². The van der Waals surface area contributed by atoms with E-state index in [1.807, 2.05) is 0 Å². The second kappa shape index (κ2) is 7.51. The molecule has 0 spiro atoms. The highest BCUT2D eigenvalue weighted by atomic mass is 32.2. The highest BCUT2D eigenvalue weighted by Crippen LogP contribution is 2.31. The molecule has 0 saturated carbocycles. The minimum absolute atomic E-state index is 0.164. The van der Waals surface area contributed by atoms with Crippen LogP contribution in [0.2, 0.25) is 0 Å². The molecule has 0 atom stereocenters. The van der Waals surface area contributed by atoms with E-state index in [0.717, 1.165) is 19.6 Å². The van der Waals surface area contributed by atoms with Gasteiger partial charge in [0.15, 0.2) is 0 Å². The molecule has 23 heavy (non-hydrogen) atoms. The van der Waals surface area contributed by atoms with Gasteiger partial charge in [-0.3, -0.25) is 0 Å². The van der Waals surface area contributed by atoms with E-state index in [1.165, 1.54) is 24.6 Å². The van der Waals surface area contributed by atoms with Gasteiger partial charge in [0, 0.05) is 38.8 Å². The average Bonchev–Trinajstić information content (AvgIpc) is 2.54. The van der Waals surface area contributed by atoms with Gasteiger partial charge in [-0.1, -0.05) is 13.8 Å². The van der Waals surface area contributed by atoms with Crippen molar-refractivity contribution >= 4 is 10.0 Å². The lowest BCUT2D eigenvalue weighted by atomic mass is 10.2. The molecule has 0 bridgehead atoms. The summed E-state index contributed by atoms with van der Waals surface area (Å²) in [5.74, 6) is 1.43. The van der Waals surface area contributed by atoms with Gasteiger partial charge in [0.1, 0.15) is 16.4 Å². The van der Waals surface area contributed by atoms with Crippen LogP contribution in [0.25, 0.3) is 0 Å². The Morgan fingerprint density at radius 2 is 1.74 bits per heavy atom. The first kappa shape index (κ1) is 18.0. The number of hydrogen-bond acceptors (Lipinski definition) is 5. The first-order chi connectivity index (χ1) is 10.9. The Hall–Kier alpha value is -1.31. The quantitative estimate of drug-likeness (QED) is 0.787. The van der Waals surface area contributed by atoms with Crippen LogP contribution in [0.4, 0.5) is 0 Å². The molecule has 0 aromatic heterocycles. The van der Waals surface area contributed by atoms with Crippen LogP contribution in [-0.4, -0.2) is 64.6 Å². The summed E-state index contributed by atoms with van der Waals surface area (Å²) in [6.45, 7) is 7.84. The van der Waals surface area contributed by atoms with E-state index in [9.17, 15) is 8.42 Å². The van der Waals surface area contributed by atoms with Crippen molar-refractivity contribution in [1.29, 1.82) is 0 Å². The molecule has 1 aromatic carbocycles. The zero-order valence-electron chi connectivity index (χ0n) is 14.3. The van der Waals surface area contributed by atoms with E-state index >= 15 is 0 Å². The van der Waals surface area contributed by atoms with E-state index in [1.54, 1.807) is 12.1 Å². The second-order valence-corrected chi connectivity index (χ2v) is 8.02. The molecule has 0 radical (unpaired) electrons. The van der Waals surface area contributed by atoms with Crippen LogP contribution in [-0.2, 0) is 10.0 Å². The summed E-state index contributed by atoms with van der Waals surface area (Å²) in [6, 6.07) is 4.84. The molecule has 2 rings (SSSR count). The largest absolute Gasteiger partial charge is 0.497 e. The number of rotatable bonds is 6. The zero-order valence-corrected chi connectivity index (χ0v) is 15.1. The van der Waals surface area contributed by atoms with Crippen molar-refractivity contribution in [1.82, 2.24) is 9.21 Å². The first-order valence-corrected chi connectivity index (χ1v) is 9.27. The Bertz CT molecular complexity index is 623. The number of nitrogens with zero attached hydrogens (tertiary/aromatic N) is 2. The maximum atomic E-state index is 12.9. The molecule has 0 amide bonds. The summed E-state index contributed by atoms with van der Waals surface area (Å²) < 4.78 is 37.8. The maximum Gasteiger partial charge on any atom is 0.246 e. The summed E-state index contributed by atoms with van der Waals surface area (Å²) in [7, 11) is -0.597. The summed E-state index contributed by atoms with van der Waals surface area (Å²) in [5.41, 5.74) is 0. The molecule has 1 aromatic rings. The summed E-state index contributed by atoms with van der Waals surface area (Å²) in [6.07, 6.45) is 0. The number of sulfonamides is 1. The number of ether oxygens (including phenoxy) is 2. The second-order valence-electron chi connectivity index (χ2n) is 6.12. The van der Waals surface area contributed by atoms with E-state index < -0.39 is 10.0 Å². The van der Waals surface area contributed by atoms with E-state index in [0.29, 0.717) is 30.5 Å². The van der Waals surface area contributed by atoms with E-state index in [4.69, 9.17) is 9.47 Å². The van der Waals surface area contributed by atoms with Crippen molar-refractivity contribution in [2.45, 2.75) is 18.7 Å². The summed E-state index contributed by atoms with van der Waals surface area (Å²) in [4.78, 5) is 2.47. The van der Waals surface area contributed by atoms with E-state index in [-0.39, 0.29) is 4.90 Å². The third-order valence-corrected chi connectivity index (χ3v) is 5.86. The van der Waals surface area contributed by atoms with Gasteiger partial charge in [-0.2, -0.15) is 4.31 Å². The molecule has 1 aliphatic heterocycles. The summed E-state index contributed by atoms with van der Waals surface area (Å²) >= 11 is 0. The number of methoxy groups -OCH3 is 2. The molecule has 130 valence electrons. The molecule has 1 heterocycles. The van der Waals surface area contributed by atoms with Crippen molar-refractivity contribution in [3.8, 4) is 11.5 Å². The molecule has 0 unspecified atom stereocenters. The molecule has 6 nitrogen and oxygen atoms in total. The highest BCUT2D eigenvalue weighted by Gasteiger charge is 2.31. The normalized spacial score (nSPS) is 17.4. The third kappa shape index (κ3) is 4.16. The van der Waals surface area contributed by atoms with Crippen molar-refractivity contribution in [3.63, 3.8) is 0 Å². The van der Waals surface area contributed by atoms with Crippen molar-refractivity contribution in [2.24, 2.45) is 5.92 Å². The Morgan fingerprint density at radius 3 is 2.26 bits per heavy atom. The van der Waals surface area contributed by atoms with Crippen molar-refractivity contribution < 1.29 is 17.9 Å². The van der Waals surface area contributed by atoms with Crippen LogP contribution in [0.15, 0.2) is 23.1 Å². The number of piperazine rings is 1. The van der Waals surface area contributed by atoms with Crippen LogP contribution in [0.1, 0.15) is 13.8 Å². The molecular formula is C16H26N2O4S. The Labute approximate surface area is 139 Å². The lowest BCUT2D eigenvalue weighted by Gasteiger charge is -2.35. The van der Waals surface area contributed by atoms with Gasteiger partial charge in [0.05, 0.1) is 14.2 Å². The first-order valence-electron chi connectivity index (χ1n) is 7.83. The molecule has 1 saturated heterocycles. The molecule has 7 heteroatoms. The van der Waals surface area contributed by atoms with Crippen LogP contribution in [0.5, 0.6) is 11.5 Å². The van der Waals surface area contributed by atoms with Gasteiger partial charge in [-0.15, -0.1) is 0 Å². The standard InChI is InChI=1S/C16H26N2O4S/c1-13(2)12-17-7-9-18(10-8-17)23(19,20)16-11-14(21-3)5-6-15(16)22-4/h5-6,11,13H,7-10,12H2,1-4H3. The predicted octanol–water partition coefficient (Wildman–Crippen LogP) is 1.67. The van der Waals surface area contributed by atoms with Crippen molar-refractivity contribution in [2.75, 3.05) is 46.9 Å². The number of benzene rings is 1. The predicted molar refractivity (Wildman–Crippen MR) is 89.6 cm³/mol. The lowest BCUT2D eigenvalue weighted by Crippen LogP contribution is -2.49. The molecular weight excluding hydrogens is 316 g/mol. The topological polar surface area (TPSA) is 59.1 Å². The van der Waals surface area contributed by atoms with Crippen LogP contribution in [0, 0.1) is 5.92 Å². The molecule has 1 aliphatic rings. The minimum Gasteiger partial charge on any atom is -0.497 e. The number of hydrogen-bond donors (Lipinski definition) is 0. The van der Waals surface area contributed by atoms with Gasteiger partial charge in [-0.05, 0) is 18.1 Å². The van der Waals surface area contributed by atoms with Crippen LogP contribution in [0.3, 0.4) is 0 Å². The van der Waals surface area contributed by atoms with Gasteiger partial charge in [0.2, 0.25) is 10.0 Å². The van der Waals surface area contributed by atoms with Crippen molar-refractivity contribution in [3.05, 3.63) is 18.2 Å². The lowest BCUT2D eigenvalue weighted by molar-refractivity contribution is 0.172. The molecule has 0 N–H and O–H groups in total. The highest BCUT2D eigenvalue weighted by molar-refractivity contribution is 7.89.